The topological polar surface area (TPSA) is 78.1 Å². The van der Waals surface area contributed by atoms with Crippen LogP contribution >= 0.6 is 0 Å². The summed E-state index contributed by atoms with van der Waals surface area (Å²) in [7, 11) is 0. The van der Waals surface area contributed by atoms with E-state index in [0.29, 0.717) is 11.4 Å². The second-order valence-electron chi connectivity index (χ2n) is 6.86. The Morgan fingerprint density at radius 2 is 1.96 bits per heavy atom. The Balaban J connectivity index is 1.41. The van der Waals surface area contributed by atoms with Crippen molar-refractivity contribution < 1.29 is 14.1 Å². The average molecular weight is 371 g/mol. The fraction of sp³-hybridized carbons (Fsp3) is 0.182. The van der Waals surface area contributed by atoms with Crippen LogP contribution in [0.1, 0.15) is 40.4 Å². The van der Waals surface area contributed by atoms with Crippen LogP contribution in [0, 0.1) is 0 Å². The fourth-order valence-electron chi connectivity index (χ4n) is 3.71. The first-order chi connectivity index (χ1) is 13.7. The number of nitrogens with zero attached hydrogens (tertiary/aromatic N) is 3. The molecule has 2 aromatic carbocycles. The van der Waals surface area contributed by atoms with Crippen LogP contribution in [0.5, 0.6) is 0 Å². The SMILES string of the molecule is CC(OC(=O)c1ccc2c3c(cccc13)CC2)c1nc(-c2cccnc2)no1. The summed E-state index contributed by atoms with van der Waals surface area (Å²) in [5, 5.41) is 6.07. The zero-order valence-corrected chi connectivity index (χ0v) is 15.3. The number of carbonyl (C=O) groups excluding carboxylic acids is 1. The van der Waals surface area contributed by atoms with Crippen LogP contribution in [0.4, 0.5) is 0 Å². The first-order valence-electron chi connectivity index (χ1n) is 9.19. The van der Waals surface area contributed by atoms with Crippen molar-refractivity contribution in [3.8, 4) is 11.4 Å². The van der Waals surface area contributed by atoms with Gasteiger partial charge in [-0.15, -0.1) is 0 Å². The van der Waals surface area contributed by atoms with Gasteiger partial charge in [-0.2, -0.15) is 4.98 Å². The largest absolute Gasteiger partial charge is 0.449 e. The molecule has 5 rings (SSSR count). The smallest absolute Gasteiger partial charge is 0.339 e. The van der Waals surface area contributed by atoms with E-state index in [1.165, 1.54) is 16.5 Å². The lowest BCUT2D eigenvalue weighted by Crippen LogP contribution is -2.10. The van der Waals surface area contributed by atoms with Gasteiger partial charge in [0.25, 0.3) is 5.89 Å². The maximum atomic E-state index is 12.8. The fourth-order valence-corrected chi connectivity index (χ4v) is 3.71. The van der Waals surface area contributed by atoms with Crippen molar-refractivity contribution in [1.82, 2.24) is 15.1 Å². The highest BCUT2D eigenvalue weighted by Gasteiger charge is 2.23. The summed E-state index contributed by atoms with van der Waals surface area (Å²) in [5.41, 5.74) is 3.87. The van der Waals surface area contributed by atoms with Gasteiger partial charge < -0.3 is 9.26 Å². The van der Waals surface area contributed by atoms with E-state index in [2.05, 4.69) is 21.2 Å². The van der Waals surface area contributed by atoms with Gasteiger partial charge in [-0.3, -0.25) is 4.98 Å². The van der Waals surface area contributed by atoms with Crippen molar-refractivity contribution in [2.24, 2.45) is 0 Å². The van der Waals surface area contributed by atoms with E-state index < -0.39 is 12.1 Å². The van der Waals surface area contributed by atoms with Crippen LogP contribution in [0.3, 0.4) is 0 Å². The van der Waals surface area contributed by atoms with Gasteiger partial charge in [-0.05, 0) is 59.9 Å². The molecule has 6 heteroatoms. The van der Waals surface area contributed by atoms with Gasteiger partial charge in [-0.25, -0.2) is 4.79 Å². The van der Waals surface area contributed by atoms with Gasteiger partial charge in [0.15, 0.2) is 6.10 Å². The Morgan fingerprint density at radius 3 is 2.79 bits per heavy atom. The van der Waals surface area contributed by atoms with E-state index in [1.54, 1.807) is 25.4 Å². The van der Waals surface area contributed by atoms with E-state index in [1.807, 2.05) is 30.3 Å². The number of rotatable bonds is 4. The summed E-state index contributed by atoms with van der Waals surface area (Å²) in [4.78, 5) is 21.2. The lowest BCUT2D eigenvalue weighted by Gasteiger charge is -2.12. The van der Waals surface area contributed by atoms with Gasteiger partial charge in [0.2, 0.25) is 5.82 Å². The summed E-state index contributed by atoms with van der Waals surface area (Å²) in [6.07, 6.45) is 4.69. The predicted molar refractivity (Wildman–Crippen MR) is 103 cm³/mol. The van der Waals surface area contributed by atoms with E-state index in [0.717, 1.165) is 23.8 Å². The van der Waals surface area contributed by atoms with Crippen LogP contribution in [-0.2, 0) is 17.6 Å². The molecule has 1 atom stereocenters. The standard InChI is InChI=1S/C22H17N3O3/c1-13(21-24-20(25-28-21)16-5-3-11-23-12-16)27-22(26)18-10-9-15-8-7-14-4-2-6-17(18)19(14)15/h2-6,9-13H,7-8H2,1H3. The van der Waals surface area contributed by atoms with Crippen LogP contribution in [-0.4, -0.2) is 21.1 Å². The normalized spacial score (nSPS) is 13.6. The third-order valence-corrected chi connectivity index (χ3v) is 5.09. The second-order valence-corrected chi connectivity index (χ2v) is 6.86. The van der Waals surface area contributed by atoms with Crippen molar-refractivity contribution in [2.45, 2.75) is 25.9 Å². The highest BCUT2D eigenvalue weighted by molar-refractivity contribution is 6.07. The third kappa shape index (κ3) is 2.74. The van der Waals surface area contributed by atoms with Crippen LogP contribution in [0.25, 0.3) is 22.2 Å². The third-order valence-electron chi connectivity index (χ3n) is 5.09. The average Bonchev–Trinajstić information content (AvgIpc) is 3.38. The van der Waals surface area contributed by atoms with Gasteiger partial charge in [0.1, 0.15) is 0 Å². The Hall–Kier alpha value is -3.54. The van der Waals surface area contributed by atoms with Gasteiger partial charge in [-0.1, -0.05) is 29.4 Å². The molecule has 138 valence electrons. The molecule has 0 N–H and O–H groups in total. The lowest BCUT2D eigenvalue weighted by atomic mass is 10.00. The summed E-state index contributed by atoms with van der Waals surface area (Å²) in [6.45, 7) is 1.72. The molecule has 1 unspecified atom stereocenters. The molecule has 0 saturated carbocycles. The molecule has 1 aliphatic rings. The van der Waals surface area contributed by atoms with E-state index in [4.69, 9.17) is 9.26 Å². The molecular weight excluding hydrogens is 354 g/mol. The number of hydrogen-bond acceptors (Lipinski definition) is 6. The molecule has 4 aromatic rings. The maximum absolute atomic E-state index is 12.8. The van der Waals surface area contributed by atoms with Crippen molar-refractivity contribution in [1.29, 1.82) is 0 Å². The monoisotopic (exact) mass is 371 g/mol. The zero-order chi connectivity index (χ0) is 19.1. The Labute approximate surface area is 161 Å². The molecule has 0 saturated heterocycles. The van der Waals surface area contributed by atoms with Crippen LogP contribution in [0.15, 0.2) is 59.4 Å². The minimum absolute atomic E-state index is 0.248. The number of hydrogen-bond donors (Lipinski definition) is 0. The number of aromatic nitrogens is 3. The number of pyridine rings is 1. The molecule has 2 aromatic heterocycles. The minimum Gasteiger partial charge on any atom is -0.449 e. The van der Waals surface area contributed by atoms with E-state index in [-0.39, 0.29) is 5.89 Å². The summed E-state index contributed by atoms with van der Waals surface area (Å²) in [5.74, 6) is 0.263. The van der Waals surface area contributed by atoms with Crippen molar-refractivity contribution in [3.05, 3.63) is 77.4 Å². The van der Waals surface area contributed by atoms with E-state index >= 15 is 0 Å². The molecular formula is C22H17N3O3. The summed E-state index contributed by atoms with van der Waals surface area (Å²) in [6, 6.07) is 13.6. The molecule has 0 radical (unpaired) electrons. The molecule has 6 nitrogen and oxygen atoms in total. The van der Waals surface area contributed by atoms with Crippen molar-refractivity contribution in [3.63, 3.8) is 0 Å². The zero-order valence-electron chi connectivity index (χ0n) is 15.3. The quantitative estimate of drug-likeness (QED) is 0.498. The van der Waals surface area contributed by atoms with Crippen LogP contribution in [0.2, 0.25) is 0 Å². The molecule has 2 heterocycles. The lowest BCUT2D eigenvalue weighted by molar-refractivity contribution is 0.0268. The van der Waals surface area contributed by atoms with Gasteiger partial charge in [0, 0.05) is 18.0 Å². The number of esters is 1. The highest BCUT2D eigenvalue weighted by atomic mass is 16.6. The molecule has 0 spiro atoms. The van der Waals surface area contributed by atoms with Crippen molar-refractivity contribution in [2.75, 3.05) is 0 Å². The van der Waals surface area contributed by atoms with Crippen LogP contribution < -0.4 is 0 Å². The molecule has 0 aliphatic heterocycles. The van der Waals surface area contributed by atoms with E-state index in [9.17, 15) is 4.79 Å². The number of ether oxygens (including phenoxy) is 1. The molecule has 0 amide bonds. The molecule has 28 heavy (non-hydrogen) atoms. The predicted octanol–water partition coefficient (Wildman–Crippen LogP) is 4.30. The Bertz CT molecular complexity index is 1170. The van der Waals surface area contributed by atoms with Gasteiger partial charge >= 0.3 is 5.97 Å². The highest BCUT2D eigenvalue weighted by Crippen LogP contribution is 2.33. The van der Waals surface area contributed by atoms with Gasteiger partial charge in [0.05, 0.1) is 5.56 Å². The first kappa shape index (κ1) is 16.6. The Kier molecular flexibility index (Phi) is 3.90. The van der Waals surface area contributed by atoms with Crippen molar-refractivity contribution >= 4 is 16.7 Å². The Morgan fingerprint density at radius 1 is 1.11 bits per heavy atom. The first-order valence-corrected chi connectivity index (χ1v) is 9.19. The molecule has 0 bridgehead atoms. The number of aryl methyl sites for hydroxylation is 2. The number of benzene rings is 2. The minimum atomic E-state index is -0.659. The molecule has 1 aliphatic carbocycles. The summed E-state index contributed by atoms with van der Waals surface area (Å²) < 4.78 is 10.9. The summed E-state index contributed by atoms with van der Waals surface area (Å²) >= 11 is 0. The number of carbonyl (C=O) groups is 1. The maximum Gasteiger partial charge on any atom is 0.339 e. The molecule has 0 fully saturated rings. The second kappa shape index (κ2) is 6.56.